The first-order valence-electron chi connectivity index (χ1n) is 4.71. The number of aliphatic hydroxyl groups excluding tert-OH is 4. The average molecular weight is 546 g/mol. The Morgan fingerprint density at radius 1 is 0.652 bits per heavy atom. The van der Waals surface area contributed by atoms with Gasteiger partial charge in [-0.25, -0.2) is 9.59 Å². The first-order valence-corrected chi connectivity index (χ1v) is 6.13. The third-order valence-corrected chi connectivity index (χ3v) is 1.59. The normalized spacial score (nSPS) is 13.9. The van der Waals surface area contributed by atoms with Crippen LogP contribution in [0.3, 0.4) is 0 Å². The van der Waals surface area contributed by atoms with Crippen molar-refractivity contribution in [3.63, 3.8) is 0 Å². The van der Waals surface area contributed by atoms with Gasteiger partial charge in [0, 0.05) is 0 Å². The summed E-state index contributed by atoms with van der Waals surface area (Å²) in [6, 6.07) is 0. The molecule has 4 atom stereocenters. The van der Waals surface area contributed by atoms with E-state index in [1.807, 2.05) is 0 Å². The van der Waals surface area contributed by atoms with Crippen LogP contribution < -0.4 is 39.8 Å². The topological polar surface area (TPSA) is 253 Å². The Morgan fingerprint density at radius 3 is 0.870 bits per heavy atom. The molecule has 0 bridgehead atoms. The molecular weight excluding hydrogens is 536 g/mol. The minimum atomic E-state index is -2.38. The van der Waals surface area contributed by atoms with E-state index in [0.29, 0.717) is 0 Å². The van der Waals surface area contributed by atoms with E-state index in [1.54, 1.807) is 0 Å². The summed E-state index contributed by atoms with van der Waals surface area (Å²) in [6.45, 7) is 0. The molecule has 6 N–H and O–H groups in total. The molecule has 0 heterocycles. The van der Waals surface area contributed by atoms with Crippen molar-refractivity contribution in [3.8, 4) is 0 Å². The minimum absolute atomic E-state index is 0. The molecule has 0 saturated carbocycles. The summed E-state index contributed by atoms with van der Waals surface area (Å²) in [5.41, 5.74) is 0. The molecule has 4 unspecified atom stereocenters. The van der Waals surface area contributed by atoms with Crippen molar-refractivity contribution in [2.75, 3.05) is 0 Å². The van der Waals surface area contributed by atoms with Gasteiger partial charge in [-0.2, -0.15) is 0 Å². The molecule has 0 saturated heterocycles. The summed E-state index contributed by atoms with van der Waals surface area (Å²) in [5, 5.41) is 68.3. The molecule has 126 valence electrons. The van der Waals surface area contributed by atoms with Gasteiger partial charge in [-0.3, -0.25) is 0 Å². The maximum absolute atomic E-state index is 9.74. The summed E-state index contributed by atoms with van der Waals surface area (Å²) in [5.74, 6) is -7.65. The Morgan fingerprint density at radius 2 is 0.826 bits per heavy atom. The van der Waals surface area contributed by atoms with Crippen molar-refractivity contribution < 1.29 is 92.4 Å². The van der Waals surface area contributed by atoms with Gasteiger partial charge in [0.15, 0.2) is 12.2 Å². The molecule has 0 rings (SSSR count). The molecule has 0 aromatic heterocycles. The number of carboxylic acid groups (broad SMARTS) is 4. The second-order valence-electron chi connectivity index (χ2n) is 3.09. The number of carbonyl (C=O) groups is 4. The van der Waals surface area contributed by atoms with Gasteiger partial charge in [-0.1, -0.05) is 0 Å². The van der Waals surface area contributed by atoms with E-state index in [-0.39, 0.29) is 54.3 Å². The van der Waals surface area contributed by atoms with Crippen LogP contribution in [0.5, 0.6) is 0 Å². The molecule has 0 fully saturated rings. The quantitative estimate of drug-likeness (QED) is 0.170. The second kappa shape index (κ2) is 16.3. The average Bonchev–Trinajstić information content (AvgIpc) is 2.46. The number of hydrogen-bond acceptors (Lipinski definition) is 11. The van der Waals surface area contributed by atoms with Gasteiger partial charge >= 0.3 is 69.0 Å². The van der Waals surface area contributed by atoms with Gasteiger partial charge in [0.05, 0.1) is 11.9 Å². The summed E-state index contributed by atoms with van der Waals surface area (Å²) < 4.78 is 8.36. The van der Waals surface area contributed by atoms with E-state index < -0.39 is 48.3 Å². The van der Waals surface area contributed by atoms with Crippen LogP contribution in [0.15, 0.2) is 0 Å². The van der Waals surface area contributed by atoms with Crippen molar-refractivity contribution >= 4 is 48.6 Å². The van der Waals surface area contributed by atoms with E-state index in [9.17, 15) is 29.4 Å². The van der Waals surface area contributed by atoms with Crippen LogP contribution in [0.4, 0.5) is 0 Å². The third kappa shape index (κ3) is 14.7. The van der Waals surface area contributed by atoms with Crippen LogP contribution in [0, 0.1) is 0 Å². The Hall–Kier alpha value is -0.597. The third-order valence-electron chi connectivity index (χ3n) is 1.59. The van der Waals surface area contributed by atoms with E-state index in [4.69, 9.17) is 33.5 Å². The van der Waals surface area contributed by atoms with Crippen molar-refractivity contribution in [3.05, 3.63) is 0 Å². The van der Waals surface area contributed by atoms with Crippen molar-refractivity contribution in [2.45, 2.75) is 24.4 Å². The van der Waals surface area contributed by atoms with E-state index >= 15 is 0 Å². The van der Waals surface area contributed by atoms with Gasteiger partial charge in [-0.15, -0.1) is 0 Å². The Bertz CT molecular complexity index is 329. The maximum atomic E-state index is 9.74. The first-order chi connectivity index (χ1) is 9.93. The number of aliphatic hydroxyl groups is 4. The molecule has 0 aliphatic heterocycles. The van der Waals surface area contributed by atoms with Gasteiger partial charge in [0.1, 0.15) is 12.2 Å². The monoisotopic (exact) mass is 546 g/mol. The number of hydrogen-bond donors (Lipinski definition) is 6. The molecule has 2 radical (unpaired) electrons. The molecule has 0 aromatic carbocycles. The van der Waals surface area contributed by atoms with Gasteiger partial charge in [0.25, 0.3) is 0 Å². The zero-order chi connectivity index (χ0) is 18.6. The van der Waals surface area contributed by atoms with Crippen LogP contribution in [0.1, 0.15) is 0 Å². The van der Waals surface area contributed by atoms with Crippen molar-refractivity contribution in [1.29, 1.82) is 0 Å². The summed E-state index contributed by atoms with van der Waals surface area (Å²) >= 11 is 0.194. The molecule has 0 aliphatic carbocycles. The van der Waals surface area contributed by atoms with Gasteiger partial charge in [0.2, 0.25) is 0 Å². The molecule has 13 nitrogen and oxygen atoms in total. The number of carboxylic acids is 4. The van der Waals surface area contributed by atoms with Crippen LogP contribution in [-0.2, 0) is 22.0 Å². The zero-order valence-electron chi connectivity index (χ0n) is 11.3. The second-order valence-corrected chi connectivity index (χ2v) is 3.09. The fraction of sp³-hybridized carbons (Fsp3) is 0.500. The van der Waals surface area contributed by atoms with Crippen molar-refractivity contribution in [2.24, 2.45) is 0 Å². The Kier molecular flexibility index (Phi) is 21.4. The molecule has 23 heavy (non-hydrogen) atoms. The van der Waals surface area contributed by atoms with Gasteiger partial charge < -0.3 is 50.4 Å². The fourth-order valence-electron chi connectivity index (χ4n) is 0.528. The SMILES string of the molecule is O=C([O-])C(O)C(O)C(=O)O.O=C([O-])C(O)C(O)C(=O)O.[Na+].[O]=[Bi+]. The zero-order valence-corrected chi connectivity index (χ0v) is 16.8. The predicted octanol–water partition coefficient (Wildman–Crippen LogP) is -10.4. The van der Waals surface area contributed by atoms with Crippen LogP contribution >= 0.6 is 0 Å². The molecule has 0 aliphatic rings. The number of carbonyl (C=O) groups excluding carboxylic acids is 2. The van der Waals surface area contributed by atoms with E-state index in [0.717, 1.165) is 0 Å². The molecule has 0 amide bonds. The fourth-order valence-corrected chi connectivity index (χ4v) is 0.528. The summed E-state index contributed by atoms with van der Waals surface area (Å²) in [4.78, 5) is 38.8. The predicted molar refractivity (Wildman–Crippen MR) is 55.8 cm³/mol. The summed E-state index contributed by atoms with van der Waals surface area (Å²) in [7, 11) is 0. The molecular formula is C8H10BiNaO13. The summed E-state index contributed by atoms with van der Waals surface area (Å²) in [6.07, 6.45) is -9.41. The van der Waals surface area contributed by atoms with Crippen LogP contribution in [0.25, 0.3) is 0 Å². The van der Waals surface area contributed by atoms with Gasteiger partial charge in [-0.05, 0) is 0 Å². The number of aliphatic carboxylic acids is 4. The molecule has 0 aromatic rings. The van der Waals surface area contributed by atoms with Crippen LogP contribution in [-0.4, -0.2) is 104 Å². The van der Waals surface area contributed by atoms with Crippen molar-refractivity contribution in [1.82, 2.24) is 0 Å². The van der Waals surface area contributed by atoms with Crippen LogP contribution in [0.2, 0.25) is 0 Å². The first kappa shape index (κ1) is 30.3. The van der Waals surface area contributed by atoms with E-state index in [2.05, 4.69) is 0 Å². The Labute approximate surface area is 164 Å². The number of rotatable bonds is 6. The molecule has 15 heteroatoms. The van der Waals surface area contributed by atoms with E-state index in [1.165, 1.54) is 0 Å². The Balaban J connectivity index is -0.000000136. The standard InChI is InChI=1S/2C4H6O6.Bi.Na.O/c2*5-1(3(7)8)2(6)4(9)10;;;/h2*1-2,5-6H,(H,7,8)(H,9,10);;;/q;;2*+1;/p-2. The molecule has 0 spiro atoms.